The first kappa shape index (κ1) is 18.4. The number of nitrogens with zero attached hydrogens (tertiary/aromatic N) is 2. The highest BCUT2D eigenvalue weighted by molar-refractivity contribution is 5.88. The molecular weight excluding hydrogens is 406 g/mol. The van der Waals surface area contributed by atoms with E-state index in [1.54, 1.807) is 0 Å². The summed E-state index contributed by atoms with van der Waals surface area (Å²) in [6, 6.07) is 17.1. The zero-order valence-corrected chi connectivity index (χ0v) is 16.7. The predicted octanol–water partition coefficient (Wildman–Crippen LogP) is 6.60. The normalized spacial score (nSPS) is 12.4. The zero-order chi connectivity index (χ0) is 21.7. The number of aromatic nitrogens is 4. The van der Waals surface area contributed by atoms with Crippen LogP contribution in [0.4, 0.5) is 8.78 Å². The van der Waals surface area contributed by atoms with Gasteiger partial charge in [-0.25, -0.2) is 18.7 Å². The van der Waals surface area contributed by atoms with Crippen molar-refractivity contribution in [2.45, 2.75) is 0 Å². The predicted molar refractivity (Wildman–Crippen MR) is 124 cm³/mol. The van der Waals surface area contributed by atoms with Gasteiger partial charge < -0.3 is 9.97 Å². The van der Waals surface area contributed by atoms with E-state index in [0.29, 0.717) is 16.6 Å². The molecule has 4 aromatic rings. The Kier molecular flexibility index (Phi) is 4.11. The Morgan fingerprint density at radius 3 is 1.91 bits per heavy atom. The molecule has 0 saturated heterocycles. The molecular formula is C26H16F2N4. The van der Waals surface area contributed by atoms with Crippen LogP contribution >= 0.6 is 0 Å². The molecule has 0 atom stereocenters. The third-order valence-corrected chi connectivity index (χ3v) is 5.39. The van der Waals surface area contributed by atoms with Gasteiger partial charge in [0.1, 0.15) is 11.6 Å². The molecule has 154 valence electrons. The van der Waals surface area contributed by atoms with Crippen molar-refractivity contribution < 1.29 is 8.78 Å². The molecule has 4 nitrogen and oxygen atoms in total. The first-order valence-electron chi connectivity index (χ1n) is 10.1. The van der Waals surface area contributed by atoms with Crippen LogP contribution in [-0.4, -0.2) is 19.9 Å². The molecule has 2 aliphatic rings. The number of H-pyrrole nitrogens is 2. The lowest BCUT2D eigenvalue weighted by molar-refractivity contribution is 0.585. The SMILES string of the molecule is Fc1ccc(-c2cc3cc4ccc(cc5nc(cc6nc(cc2[nH]3)C=C6)C=C5)[nH]4)c(F)c1. The minimum atomic E-state index is -0.616. The van der Waals surface area contributed by atoms with Crippen molar-refractivity contribution in [2.75, 3.05) is 0 Å². The van der Waals surface area contributed by atoms with Gasteiger partial charge in [-0.15, -0.1) is 0 Å². The van der Waals surface area contributed by atoms with Crippen LogP contribution in [0.2, 0.25) is 0 Å². The van der Waals surface area contributed by atoms with E-state index in [2.05, 4.69) is 19.9 Å². The average Bonchev–Trinajstić information content (AvgIpc) is 3.53. The highest BCUT2D eigenvalue weighted by Gasteiger charge is 2.11. The Morgan fingerprint density at radius 2 is 1.19 bits per heavy atom. The van der Waals surface area contributed by atoms with Gasteiger partial charge in [-0.1, -0.05) is 0 Å². The maximum absolute atomic E-state index is 14.6. The van der Waals surface area contributed by atoms with Gasteiger partial charge in [0, 0.05) is 39.3 Å². The molecule has 0 radical (unpaired) electrons. The number of fused-ring (bicyclic) bond motifs is 8. The molecule has 0 fully saturated rings. The van der Waals surface area contributed by atoms with Crippen LogP contribution < -0.4 is 0 Å². The van der Waals surface area contributed by atoms with E-state index in [-0.39, 0.29) is 0 Å². The van der Waals surface area contributed by atoms with Crippen LogP contribution in [0.15, 0.2) is 60.7 Å². The largest absolute Gasteiger partial charge is 0.355 e. The number of halogens is 2. The molecule has 2 N–H and O–H groups in total. The van der Waals surface area contributed by atoms with Gasteiger partial charge in [0.2, 0.25) is 0 Å². The summed E-state index contributed by atoms with van der Waals surface area (Å²) in [5.74, 6) is -1.23. The second-order valence-electron chi connectivity index (χ2n) is 7.71. The molecule has 1 aromatic carbocycles. The van der Waals surface area contributed by atoms with Gasteiger partial charge in [-0.05, 0) is 78.9 Å². The molecule has 0 spiro atoms. The molecule has 6 heteroatoms. The number of hydrogen-bond donors (Lipinski definition) is 2. The van der Waals surface area contributed by atoms with Crippen LogP contribution in [0.3, 0.4) is 0 Å². The van der Waals surface area contributed by atoms with Gasteiger partial charge >= 0.3 is 0 Å². The minimum absolute atomic E-state index is 0.318. The lowest BCUT2D eigenvalue weighted by Crippen LogP contribution is -1.85. The fourth-order valence-electron chi connectivity index (χ4n) is 3.95. The van der Waals surface area contributed by atoms with E-state index in [4.69, 9.17) is 0 Å². The standard InChI is InChI=1S/C26H16F2N4/c27-15-1-8-23(25(28)9-15)24-13-22-12-20-5-4-18(30-20)10-16-2-3-17(29-16)11-19-6-7-21(31-19)14-26(24)32-22/h1-14,30,32H. The Balaban J connectivity index is 1.68. The highest BCUT2D eigenvalue weighted by Crippen LogP contribution is 2.30. The number of hydrogen-bond acceptors (Lipinski definition) is 2. The number of nitrogens with one attached hydrogen (secondary N) is 2. The first-order valence-corrected chi connectivity index (χ1v) is 10.1. The molecule has 0 aliphatic carbocycles. The van der Waals surface area contributed by atoms with Crippen molar-refractivity contribution in [2.24, 2.45) is 0 Å². The summed E-state index contributed by atoms with van der Waals surface area (Å²) in [5, 5.41) is 0. The molecule has 32 heavy (non-hydrogen) atoms. The third-order valence-electron chi connectivity index (χ3n) is 5.39. The molecule has 0 saturated carbocycles. The Labute approximate surface area is 181 Å². The summed E-state index contributed by atoms with van der Waals surface area (Å²) >= 11 is 0. The van der Waals surface area contributed by atoms with Crippen molar-refractivity contribution >= 4 is 46.4 Å². The van der Waals surface area contributed by atoms with E-state index >= 15 is 0 Å². The maximum atomic E-state index is 14.6. The summed E-state index contributed by atoms with van der Waals surface area (Å²) < 4.78 is 28.1. The molecule has 6 rings (SSSR count). The van der Waals surface area contributed by atoms with E-state index in [1.165, 1.54) is 12.1 Å². The van der Waals surface area contributed by atoms with Crippen molar-refractivity contribution in [3.8, 4) is 11.1 Å². The molecule has 3 aromatic heterocycles. The van der Waals surface area contributed by atoms with Gasteiger partial charge in [0.05, 0.1) is 22.8 Å². The quantitative estimate of drug-likeness (QED) is 0.314. The Hall–Kier alpha value is -4.32. The fourth-order valence-corrected chi connectivity index (χ4v) is 3.95. The Bertz CT molecular complexity index is 1610. The van der Waals surface area contributed by atoms with Crippen molar-refractivity contribution in [3.63, 3.8) is 0 Å². The fraction of sp³-hybridized carbons (Fsp3) is 0. The van der Waals surface area contributed by atoms with Crippen LogP contribution in [0.5, 0.6) is 0 Å². The maximum Gasteiger partial charge on any atom is 0.134 e. The van der Waals surface area contributed by atoms with Crippen LogP contribution in [0, 0.1) is 11.6 Å². The summed E-state index contributed by atoms with van der Waals surface area (Å²) in [6.07, 6.45) is 7.72. The lowest BCUT2D eigenvalue weighted by Gasteiger charge is -2.01. The number of aromatic amines is 2. The third kappa shape index (κ3) is 3.41. The van der Waals surface area contributed by atoms with Crippen LogP contribution in [0.25, 0.3) is 57.5 Å². The van der Waals surface area contributed by atoms with E-state index < -0.39 is 11.6 Å². The van der Waals surface area contributed by atoms with Crippen LogP contribution in [0.1, 0.15) is 22.8 Å². The van der Waals surface area contributed by atoms with Crippen molar-refractivity contribution in [1.29, 1.82) is 0 Å². The lowest BCUT2D eigenvalue weighted by atomic mass is 10.1. The monoisotopic (exact) mass is 422 g/mol. The van der Waals surface area contributed by atoms with Gasteiger partial charge in [0.25, 0.3) is 0 Å². The average molecular weight is 422 g/mol. The first-order chi connectivity index (χ1) is 15.6. The molecule has 5 heterocycles. The summed E-state index contributed by atoms with van der Waals surface area (Å²) in [7, 11) is 0. The molecule has 0 amide bonds. The number of rotatable bonds is 1. The highest BCUT2D eigenvalue weighted by atomic mass is 19.1. The zero-order valence-electron chi connectivity index (χ0n) is 16.7. The van der Waals surface area contributed by atoms with E-state index in [9.17, 15) is 8.78 Å². The number of benzene rings is 1. The molecule has 0 unspecified atom stereocenters. The van der Waals surface area contributed by atoms with E-state index in [1.807, 2.05) is 66.8 Å². The van der Waals surface area contributed by atoms with Crippen molar-refractivity contribution in [1.82, 2.24) is 19.9 Å². The second-order valence-corrected chi connectivity index (χ2v) is 7.71. The summed E-state index contributed by atoms with van der Waals surface area (Å²) in [6.45, 7) is 0. The smallest absolute Gasteiger partial charge is 0.134 e. The van der Waals surface area contributed by atoms with Crippen molar-refractivity contribution in [3.05, 3.63) is 95.1 Å². The molecule has 8 bridgehead atoms. The van der Waals surface area contributed by atoms with Crippen LogP contribution in [-0.2, 0) is 0 Å². The summed E-state index contributed by atoms with van der Waals surface area (Å²) in [4.78, 5) is 15.9. The van der Waals surface area contributed by atoms with Gasteiger partial charge in [-0.2, -0.15) is 0 Å². The van der Waals surface area contributed by atoms with Gasteiger partial charge in [-0.3, -0.25) is 0 Å². The van der Waals surface area contributed by atoms with E-state index in [0.717, 1.165) is 45.4 Å². The van der Waals surface area contributed by atoms with Gasteiger partial charge in [0.15, 0.2) is 0 Å². The Morgan fingerprint density at radius 1 is 0.531 bits per heavy atom. The second kappa shape index (κ2) is 7.13. The topological polar surface area (TPSA) is 57.4 Å². The molecule has 2 aliphatic heterocycles. The minimum Gasteiger partial charge on any atom is -0.355 e. The summed E-state index contributed by atoms with van der Waals surface area (Å²) in [5.41, 5.74) is 7.40.